The van der Waals surface area contributed by atoms with Crippen LogP contribution in [0.25, 0.3) is 0 Å². The first-order chi connectivity index (χ1) is 13.5. The Hall–Kier alpha value is -2.63. The largest absolute Gasteiger partial charge is 0.472 e. The van der Waals surface area contributed by atoms with Gasteiger partial charge in [-0.25, -0.2) is 0 Å². The zero-order chi connectivity index (χ0) is 20.1. The quantitative estimate of drug-likeness (QED) is 0.824. The van der Waals surface area contributed by atoms with Crippen molar-refractivity contribution in [1.82, 2.24) is 15.2 Å². The van der Waals surface area contributed by atoms with Crippen LogP contribution >= 0.6 is 0 Å². The van der Waals surface area contributed by atoms with Gasteiger partial charge in [0.2, 0.25) is 0 Å². The number of hydrogen-bond acceptors (Lipinski definition) is 4. The van der Waals surface area contributed by atoms with Gasteiger partial charge in [0.25, 0.3) is 11.8 Å². The predicted octanol–water partition coefficient (Wildman–Crippen LogP) is 3.78. The predicted molar refractivity (Wildman–Crippen MR) is 107 cm³/mol. The molecule has 0 bridgehead atoms. The standard InChI is InChI=1S/C22H29N3O3/c1-15(2)6-10-23-21(26)19-5-4-16(3)24-20(19)17-7-11-25(12-8-17)22(27)18-9-13-28-14-18/h4-5,9,13-15,17H,6-8,10-12H2,1-3H3,(H,23,26). The lowest BCUT2D eigenvalue weighted by molar-refractivity contribution is 0.0709. The maximum atomic E-state index is 12.7. The molecule has 2 amide bonds. The van der Waals surface area contributed by atoms with Crippen LogP contribution in [0, 0.1) is 12.8 Å². The van der Waals surface area contributed by atoms with Gasteiger partial charge in [-0.3, -0.25) is 14.6 Å². The van der Waals surface area contributed by atoms with Crippen molar-refractivity contribution in [1.29, 1.82) is 0 Å². The highest BCUT2D eigenvalue weighted by atomic mass is 16.3. The van der Waals surface area contributed by atoms with Gasteiger partial charge in [0.05, 0.1) is 23.1 Å². The molecule has 0 spiro atoms. The van der Waals surface area contributed by atoms with Gasteiger partial charge in [0, 0.05) is 31.2 Å². The Bertz CT molecular complexity index is 806. The molecule has 2 aromatic heterocycles. The SMILES string of the molecule is Cc1ccc(C(=O)NCCC(C)C)c(C2CCN(C(=O)c3ccoc3)CC2)n1. The second kappa shape index (κ2) is 9.04. The maximum absolute atomic E-state index is 12.7. The number of piperidine rings is 1. The lowest BCUT2D eigenvalue weighted by Crippen LogP contribution is -2.38. The van der Waals surface area contributed by atoms with Crippen molar-refractivity contribution in [2.45, 2.75) is 46.0 Å². The van der Waals surface area contributed by atoms with Crippen LogP contribution in [-0.4, -0.2) is 41.3 Å². The van der Waals surface area contributed by atoms with Gasteiger partial charge in [0.15, 0.2) is 0 Å². The average Bonchev–Trinajstić information content (AvgIpc) is 3.22. The molecule has 3 heterocycles. The number of aryl methyl sites for hydroxylation is 1. The number of aromatic nitrogens is 1. The van der Waals surface area contributed by atoms with E-state index in [1.807, 2.05) is 24.0 Å². The Kier molecular flexibility index (Phi) is 6.49. The molecule has 1 aliphatic rings. The first-order valence-electron chi connectivity index (χ1n) is 10.0. The fourth-order valence-corrected chi connectivity index (χ4v) is 3.57. The Morgan fingerprint density at radius 1 is 1.25 bits per heavy atom. The summed E-state index contributed by atoms with van der Waals surface area (Å²) in [6, 6.07) is 5.46. The van der Waals surface area contributed by atoms with Gasteiger partial charge in [0.1, 0.15) is 6.26 Å². The van der Waals surface area contributed by atoms with E-state index in [4.69, 9.17) is 9.40 Å². The molecule has 6 heteroatoms. The van der Waals surface area contributed by atoms with Crippen molar-refractivity contribution in [2.75, 3.05) is 19.6 Å². The number of nitrogens with zero attached hydrogens (tertiary/aromatic N) is 2. The lowest BCUT2D eigenvalue weighted by Gasteiger charge is -2.32. The van der Waals surface area contributed by atoms with Crippen molar-refractivity contribution in [3.05, 3.63) is 53.2 Å². The van der Waals surface area contributed by atoms with Crippen molar-refractivity contribution in [2.24, 2.45) is 5.92 Å². The van der Waals surface area contributed by atoms with Crippen LogP contribution < -0.4 is 5.32 Å². The van der Waals surface area contributed by atoms with E-state index in [2.05, 4.69) is 19.2 Å². The second-order valence-electron chi connectivity index (χ2n) is 7.90. The summed E-state index contributed by atoms with van der Waals surface area (Å²) in [6.45, 7) is 8.20. The van der Waals surface area contributed by atoms with Gasteiger partial charge in [-0.05, 0) is 50.3 Å². The van der Waals surface area contributed by atoms with Gasteiger partial charge < -0.3 is 14.6 Å². The normalized spacial score (nSPS) is 15.1. The van der Waals surface area contributed by atoms with Crippen molar-refractivity contribution in [3.63, 3.8) is 0 Å². The van der Waals surface area contributed by atoms with E-state index in [1.165, 1.54) is 12.5 Å². The highest BCUT2D eigenvalue weighted by Crippen LogP contribution is 2.30. The summed E-state index contributed by atoms with van der Waals surface area (Å²) in [4.78, 5) is 31.7. The van der Waals surface area contributed by atoms with Crippen LogP contribution in [-0.2, 0) is 0 Å². The fourth-order valence-electron chi connectivity index (χ4n) is 3.57. The summed E-state index contributed by atoms with van der Waals surface area (Å²) in [5.41, 5.74) is 3.01. The smallest absolute Gasteiger partial charge is 0.257 e. The molecule has 0 atom stereocenters. The molecule has 0 radical (unpaired) electrons. The summed E-state index contributed by atoms with van der Waals surface area (Å²) in [5.74, 6) is 0.670. The lowest BCUT2D eigenvalue weighted by atomic mass is 9.89. The minimum absolute atomic E-state index is 0.00365. The number of carbonyl (C=O) groups is 2. The van der Waals surface area contributed by atoms with Crippen molar-refractivity contribution in [3.8, 4) is 0 Å². The summed E-state index contributed by atoms with van der Waals surface area (Å²) in [5, 5.41) is 3.02. The minimum Gasteiger partial charge on any atom is -0.472 e. The Morgan fingerprint density at radius 3 is 2.64 bits per heavy atom. The summed E-state index contributed by atoms with van der Waals surface area (Å²) >= 11 is 0. The molecular weight excluding hydrogens is 354 g/mol. The van der Waals surface area contributed by atoms with Gasteiger partial charge in [-0.15, -0.1) is 0 Å². The number of rotatable bonds is 6. The zero-order valence-electron chi connectivity index (χ0n) is 16.9. The molecule has 2 aromatic rings. The topological polar surface area (TPSA) is 75.4 Å². The van der Waals surface area contributed by atoms with Crippen LogP contribution in [0.4, 0.5) is 0 Å². The number of hydrogen-bond donors (Lipinski definition) is 1. The third kappa shape index (κ3) is 4.80. The molecule has 1 N–H and O–H groups in total. The number of amides is 2. The number of furan rings is 1. The highest BCUT2D eigenvalue weighted by Gasteiger charge is 2.28. The van der Waals surface area contributed by atoms with Crippen LogP contribution in [0.2, 0.25) is 0 Å². The number of carbonyl (C=O) groups excluding carboxylic acids is 2. The van der Waals surface area contributed by atoms with Crippen LogP contribution in [0.1, 0.15) is 71.1 Å². The van der Waals surface area contributed by atoms with E-state index in [9.17, 15) is 9.59 Å². The first-order valence-corrected chi connectivity index (χ1v) is 10.0. The molecule has 0 saturated carbocycles. The van der Waals surface area contributed by atoms with Crippen molar-refractivity contribution >= 4 is 11.8 Å². The fraction of sp³-hybridized carbons (Fsp3) is 0.500. The van der Waals surface area contributed by atoms with E-state index in [-0.39, 0.29) is 17.7 Å². The minimum atomic E-state index is -0.0555. The molecule has 150 valence electrons. The van der Waals surface area contributed by atoms with E-state index in [1.54, 1.807) is 6.07 Å². The first kappa shape index (κ1) is 20.1. The van der Waals surface area contributed by atoms with E-state index in [0.717, 1.165) is 30.7 Å². The average molecular weight is 383 g/mol. The van der Waals surface area contributed by atoms with E-state index >= 15 is 0 Å². The van der Waals surface area contributed by atoms with Crippen LogP contribution in [0.5, 0.6) is 0 Å². The van der Waals surface area contributed by atoms with Crippen LogP contribution in [0.3, 0.4) is 0 Å². The van der Waals surface area contributed by atoms with Gasteiger partial charge in [-0.2, -0.15) is 0 Å². The zero-order valence-corrected chi connectivity index (χ0v) is 16.9. The van der Waals surface area contributed by atoms with Gasteiger partial charge in [-0.1, -0.05) is 13.8 Å². The summed E-state index contributed by atoms with van der Waals surface area (Å²) in [7, 11) is 0. The molecule has 1 aliphatic heterocycles. The molecular formula is C22H29N3O3. The molecule has 28 heavy (non-hydrogen) atoms. The molecule has 1 saturated heterocycles. The Morgan fingerprint density at radius 2 is 2.00 bits per heavy atom. The maximum Gasteiger partial charge on any atom is 0.257 e. The number of likely N-dealkylation sites (tertiary alicyclic amines) is 1. The van der Waals surface area contributed by atoms with E-state index in [0.29, 0.717) is 36.7 Å². The van der Waals surface area contributed by atoms with Crippen molar-refractivity contribution < 1.29 is 14.0 Å². The third-order valence-corrected chi connectivity index (χ3v) is 5.25. The summed E-state index contributed by atoms with van der Waals surface area (Å²) < 4.78 is 5.02. The molecule has 0 aromatic carbocycles. The van der Waals surface area contributed by atoms with Crippen LogP contribution in [0.15, 0.2) is 35.1 Å². The number of nitrogens with one attached hydrogen (secondary N) is 1. The molecule has 0 aliphatic carbocycles. The molecule has 0 unspecified atom stereocenters. The Balaban J connectivity index is 1.67. The monoisotopic (exact) mass is 383 g/mol. The van der Waals surface area contributed by atoms with Gasteiger partial charge >= 0.3 is 0 Å². The second-order valence-corrected chi connectivity index (χ2v) is 7.90. The number of pyridine rings is 1. The highest BCUT2D eigenvalue weighted by molar-refractivity contribution is 5.95. The third-order valence-electron chi connectivity index (χ3n) is 5.25. The molecule has 3 rings (SSSR count). The Labute approximate surface area is 166 Å². The molecule has 1 fully saturated rings. The van der Waals surface area contributed by atoms with E-state index < -0.39 is 0 Å². The molecule has 6 nitrogen and oxygen atoms in total. The summed E-state index contributed by atoms with van der Waals surface area (Å²) in [6.07, 6.45) is 5.55.